The van der Waals surface area contributed by atoms with Crippen LogP contribution in [0.1, 0.15) is 63.8 Å². The molecule has 3 rings (SSSR count). The molecule has 0 aliphatic rings. The lowest BCUT2D eigenvalue weighted by Crippen LogP contribution is -2.45. The summed E-state index contributed by atoms with van der Waals surface area (Å²) in [6, 6.07) is 16.0. The van der Waals surface area contributed by atoms with E-state index in [1.807, 2.05) is 20.8 Å². The number of carbonyl (C=O) groups excluding carboxylic acids is 4. The maximum absolute atomic E-state index is 13.3. The van der Waals surface area contributed by atoms with Gasteiger partial charge in [-0.2, -0.15) is 8.42 Å². The van der Waals surface area contributed by atoms with Crippen LogP contribution in [0.25, 0.3) is 11.1 Å². The number of rotatable bonds is 10. The maximum atomic E-state index is 13.3. The van der Waals surface area contributed by atoms with Gasteiger partial charge in [0.25, 0.3) is 11.8 Å². The number of esters is 1. The highest BCUT2D eigenvalue weighted by Gasteiger charge is 2.30. The third-order valence-electron chi connectivity index (χ3n) is 6.59. The van der Waals surface area contributed by atoms with Crippen molar-refractivity contribution in [2.75, 3.05) is 18.7 Å². The van der Waals surface area contributed by atoms with Gasteiger partial charge in [0.1, 0.15) is 5.84 Å². The molecule has 0 saturated heterocycles. The van der Waals surface area contributed by atoms with E-state index in [2.05, 4.69) is 14.8 Å². The van der Waals surface area contributed by atoms with E-state index in [1.54, 1.807) is 42.5 Å². The van der Waals surface area contributed by atoms with Crippen LogP contribution < -0.4 is 16.4 Å². The van der Waals surface area contributed by atoms with Crippen molar-refractivity contribution in [3.8, 4) is 11.1 Å². The minimum Gasteiger partial charge on any atom is -0.469 e. The summed E-state index contributed by atoms with van der Waals surface area (Å²) >= 11 is 0. The van der Waals surface area contributed by atoms with Crippen molar-refractivity contribution >= 4 is 45.4 Å². The number of amides is 2. The number of amidine groups is 1. The average Bonchev–Trinajstić information content (AvgIpc) is 2.95. The first-order valence-electron chi connectivity index (χ1n) is 13.3. The van der Waals surface area contributed by atoms with Gasteiger partial charge in [0.15, 0.2) is 0 Å². The van der Waals surface area contributed by atoms with Crippen molar-refractivity contribution in [3.05, 3.63) is 89.0 Å². The van der Waals surface area contributed by atoms with Crippen LogP contribution >= 0.6 is 0 Å². The van der Waals surface area contributed by atoms with Gasteiger partial charge in [-0.25, -0.2) is 4.79 Å². The number of methoxy groups -OCH3 is 1. The Morgan fingerprint density at radius 3 is 2.05 bits per heavy atom. The van der Waals surface area contributed by atoms with Gasteiger partial charge in [-0.3, -0.25) is 19.8 Å². The Labute approximate surface area is 255 Å². The normalized spacial score (nSPS) is 12.0. The summed E-state index contributed by atoms with van der Waals surface area (Å²) in [6.07, 6.45) is 0.605. The van der Waals surface area contributed by atoms with E-state index >= 15 is 0 Å². The molecule has 0 unspecified atom stereocenters. The molecule has 13 heteroatoms. The van der Waals surface area contributed by atoms with E-state index in [9.17, 15) is 27.6 Å². The van der Waals surface area contributed by atoms with Gasteiger partial charge < -0.3 is 25.3 Å². The molecule has 0 spiro atoms. The molecule has 0 aliphatic carbocycles. The number of carbonyl (C=O) groups is 4. The van der Waals surface area contributed by atoms with E-state index in [0.29, 0.717) is 17.5 Å². The van der Waals surface area contributed by atoms with Crippen LogP contribution in [0.5, 0.6) is 0 Å². The van der Waals surface area contributed by atoms with Crippen molar-refractivity contribution in [2.45, 2.75) is 33.2 Å². The van der Waals surface area contributed by atoms with Crippen molar-refractivity contribution in [2.24, 2.45) is 11.1 Å². The largest absolute Gasteiger partial charge is 0.469 e. The van der Waals surface area contributed by atoms with Crippen LogP contribution in [0.15, 0.2) is 66.7 Å². The SMILES string of the molecule is COC(=O)C[C@H](NC(=O)c1ccc(-c2ccccc2C(=O)Nc2ccc(C(=N)N)cc2)c(C(=O)OS(C)(=O)=O)c1)C(C)(C)C. The Balaban J connectivity index is 2.05. The molecular formula is C31H34N4O8S. The summed E-state index contributed by atoms with van der Waals surface area (Å²) < 4.78 is 33.1. The van der Waals surface area contributed by atoms with Gasteiger partial charge in [0, 0.05) is 28.4 Å². The van der Waals surface area contributed by atoms with Gasteiger partial charge in [-0.05, 0) is 59.0 Å². The molecule has 5 N–H and O–H groups in total. The second-order valence-electron chi connectivity index (χ2n) is 11.0. The number of hydrogen-bond acceptors (Lipinski definition) is 9. The molecule has 232 valence electrons. The predicted molar refractivity (Wildman–Crippen MR) is 165 cm³/mol. The fourth-order valence-electron chi connectivity index (χ4n) is 4.18. The Kier molecular flexibility index (Phi) is 10.3. The minimum absolute atomic E-state index is 0.0131. The van der Waals surface area contributed by atoms with Crippen LogP contribution in [-0.4, -0.2) is 57.4 Å². The Bertz CT molecular complexity index is 1710. The summed E-state index contributed by atoms with van der Waals surface area (Å²) in [4.78, 5) is 51.8. The zero-order valence-electron chi connectivity index (χ0n) is 24.9. The number of ether oxygens (including phenoxy) is 1. The zero-order valence-corrected chi connectivity index (χ0v) is 25.7. The predicted octanol–water partition coefficient (Wildman–Crippen LogP) is 3.71. The molecule has 0 saturated carbocycles. The van der Waals surface area contributed by atoms with Gasteiger partial charge in [-0.15, -0.1) is 0 Å². The number of nitrogen functional groups attached to an aromatic ring is 1. The van der Waals surface area contributed by atoms with Crippen molar-refractivity contribution in [1.29, 1.82) is 5.41 Å². The van der Waals surface area contributed by atoms with Gasteiger partial charge in [0.2, 0.25) is 0 Å². The average molecular weight is 623 g/mol. The van der Waals surface area contributed by atoms with Gasteiger partial charge in [0.05, 0.1) is 25.3 Å². The Morgan fingerprint density at radius 2 is 1.48 bits per heavy atom. The monoisotopic (exact) mass is 622 g/mol. The Morgan fingerprint density at radius 1 is 0.886 bits per heavy atom. The molecule has 0 bridgehead atoms. The number of hydrogen-bond donors (Lipinski definition) is 4. The summed E-state index contributed by atoms with van der Waals surface area (Å²) in [5.41, 5.74) is 6.07. The highest BCUT2D eigenvalue weighted by atomic mass is 32.2. The van der Waals surface area contributed by atoms with Crippen LogP contribution in [0, 0.1) is 10.8 Å². The molecule has 3 aromatic carbocycles. The summed E-state index contributed by atoms with van der Waals surface area (Å²) in [7, 11) is -3.00. The molecule has 0 radical (unpaired) electrons. The quantitative estimate of drug-likeness (QED) is 0.113. The van der Waals surface area contributed by atoms with Crippen molar-refractivity contribution in [1.82, 2.24) is 5.32 Å². The standard InChI is InChI=1S/C31H34N4O8S/c1-31(2,3)25(17-26(36)42-4)35-28(37)19-12-15-22(24(16-19)30(39)43-44(5,40)41)21-8-6-7-9-23(21)29(38)34-20-13-10-18(11-14-20)27(32)33/h6-16,25H,17H2,1-5H3,(H3,32,33)(H,34,38)(H,35,37)/t25-/m0/s1. The van der Waals surface area contributed by atoms with Gasteiger partial charge in [-0.1, -0.05) is 45.0 Å². The molecular weight excluding hydrogens is 588 g/mol. The molecule has 2 amide bonds. The lowest BCUT2D eigenvalue weighted by atomic mass is 9.84. The third-order valence-corrected chi connectivity index (χ3v) is 7.05. The smallest absolute Gasteiger partial charge is 0.354 e. The molecule has 1 atom stereocenters. The first-order chi connectivity index (χ1) is 20.5. The third kappa shape index (κ3) is 8.74. The molecule has 12 nitrogen and oxygen atoms in total. The fraction of sp³-hybridized carbons (Fsp3) is 0.258. The van der Waals surface area contributed by atoms with E-state index in [1.165, 1.54) is 31.4 Å². The number of nitrogens with two attached hydrogens (primary N) is 1. The van der Waals surface area contributed by atoms with Gasteiger partial charge >= 0.3 is 22.1 Å². The summed E-state index contributed by atoms with van der Waals surface area (Å²) in [5, 5.41) is 13.1. The second kappa shape index (κ2) is 13.5. The molecule has 44 heavy (non-hydrogen) atoms. The van der Waals surface area contributed by atoms with Crippen LogP contribution in [0.3, 0.4) is 0 Å². The summed E-state index contributed by atoms with van der Waals surface area (Å²) in [6.45, 7) is 5.50. The molecule has 0 aromatic heterocycles. The highest BCUT2D eigenvalue weighted by Crippen LogP contribution is 2.30. The minimum atomic E-state index is -4.24. The summed E-state index contributed by atoms with van der Waals surface area (Å²) in [5.74, 6) is -3.09. The molecule has 0 aliphatic heterocycles. The van der Waals surface area contributed by atoms with E-state index in [-0.39, 0.29) is 40.1 Å². The molecule has 0 heterocycles. The zero-order chi connectivity index (χ0) is 32.8. The molecule has 3 aromatic rings. The number of benzene rings is 3. The lowest BCUT2D eigenvalue weighted by Gasteiger charge is -2.30. The first-order valence-corrected chi connectivity index (χ1v) is 15.1. The van der Waals surface area contributed by atoms with E-state index < -0.39 is 45.3 Å². The van der Waals surface area contributed by atoms with Crippen LogP contribution in [0.2, 0.25) is 0 Å². The second-order valence-corrected chi connectivity index (χ2v) is 12.6. The lowest BCUT2D eigenvalue weighted by molar-refractivity contribution is -0.141. The van der Waals surface area contributed by atoms with E-state index in [0.717, 1.165) is 0 Å². The van der Waals surface area contributed by atoms with Crippen LogP contribution in [0.4, 0.5) is 5.69 Å². The van der Waals surface area contributed by atoms with Crippen LogP contribution in [-0.2, 0) is 23.8 Å². The van der Waals surface area contributed by atoms with Crippen molar-refractivity contribution in [3.63, 3.8) is 0 Å². The first kappa shape index (κ1) is 33.5. The Hall–Kier alpha value is -5.04. The van der Waals surface area contributed by atoms with Crippen molar-refractivity contribution < 1.29 is 36.5 Å². The number of nitrogens with one attached hydrogen (secondary N) is 3. The highest BCUT2D eigenvalue weighted by molar-refractivity contribution is 7.86. The molecule has 0 fully saturated rings. The topological polar surface area (TPSA) is 195 Å². The fourth-order valence-corrected chi connectivity index (χ4v) is 4.55. The maximum Gasteiger partial charge on any atom is 0.354 e. The number of anilines is 1. The van der Waals surface area contributed by atoms with E-state index in [4.69, 9.17) is 15.9 Å².